The minimum atomic E-state index is -0.249. The number of aliphatic hydroxyl groups is 1. The molecule has 25 heavy (non-hydrogen) atoms. The minimum absolute atomic E-state index is 0.232. The van der Waals surface area contributed by atoms with Gasteiger partial charge in [-0.3, -0.25) is 5.10 Å². The Morgan fingerprint density at radius 2 is 2.04 bits per heavy atom. The summed E-state index contributed by atoms with van der Waals surface area (Å²) >= 11 is 0. The van der Waals surface area contributed by atoms with Crippen LogP contribution in [0.3, 0.4) is 0 Å². The van der Waals surface area contributed by atoms with Crippen LogP contribution in [0, 0.1) is 11.7 Å². The molecule has 1 fully saturated rings. The number of hydrogen-bond acceptors (Lipinski definition) is 4. The number of aliphatic hydroxyl groups excluding tert-OH is 1. The maximum atomic E-state index is 13.1. The number of β-amino-alcohol motifs (C(OH)–C–C–N with tert-alkyl or cyclic N) is 1. The van der Waals surface area contributed by atoms with Crippen molar-refractivity contribution in [2.75, 3.05) is 26.2 Å². The molecule has 1 aromatic carbocycles. The molecule has 0 bridgehead atoms. The van der Waals surface area contributed by atoms with Crippen LogP contribution in [0.25, 0.3) is 11.3 Å². The smallest absolute Gasteiger partial charge is 0.123 e. The average molecular weight is 346 g/mol. The van der Waals surface area contributed by atoms with Gasteiger partial charge in [0.25, 0.3) is 0 Å². The van der Waals surface area contributed by atoms with Gasteiger partial charge in [-0.15, -0.1) is 0 Å². The average Bonchev–Trinajstić information content (AvgIpc) is 3.05. The lowest BCUT2D eigenvalue weighted by atomic mass is 9.96. The first-order valence-corrected chi connectivity index (χ1v) is 9.01. The second-order valence-electron chi connectivity index (χ2n) is 7.00. The monoisotopic (exact) mass is 346 g/mol. The van der Waals surface area contributed by atoms with E-state index in [1.54, 1.807) is 12.1 Å². The minimum Gasteiger partial charge on any atom is -0.392 e. The summed E-state index contributed by atoms with van der Waals surface area (Å²) in [5.41, 5.74) is 2.99. The Morgan fingerprint density at radius 1 is 1.32 bits per heavy atom. The van der Waals surface area contributed by atoms with Gasteiger partial charge in [0.15, 0.2) is 0 Å². The van der Waals surface area contributed by atoms with Crippen LogP contribution in [0.15, 0.2) is 30.5 Å². The van der Waals surface area contributed by atoms with E-state index in [0.717, 1.165) is 62.4 Å². The zero-order valence-electron chi connectivity index (χ0n) is 14.7. The molecule has 5 nitrogen and oxygen atoms in total. The van der Waals surface area contributed by atoms with Crippen LogP contribution < -0.4 is 5.32 Å². The van der Waals surface area contributed by atoms with Gasteiger partial charge < -0.3 is 15.3 Å². The van der Waals surface area contributed by atoms with Crippen molar-refractivity contribution in [3.05, 3.63) is 41.8 Å². The van der Waals surface area contributed by atoms with Crippen LogP contribution in [0.2, 0.25) is 0 Å². The van der Waals surface area contributed by atoms with Gasteiger partial charge in [0.05, 0.1) is 18.0 Å². The fourth-order valence-corrected chi connectivity index (χ4v) is 3.47. The highest BCUT2D eigenvalue weighted by Gasteiger charge is 2.19. The van der Waals surface area contributed by atoms with Gasteiger partial charge in [0.2, 0.25) is 0 Å². The Labute approximate surface area is 148 Å². The van der Waals surface area contributed by atoms with E-state index in [1.807, 2.05) is 13.1 Å². The van der Waals surface area contributed by atoms with Crippen LogP contribution in [-0.2, 0) is 6.54 Å². The van der Waals surface area contributed by atoms with E-state index in [4.69, 9.17) is 0 Å². The van der Waals surface area contributed by atoms with Crippen LogP contribution in [0.5, 0.6) is 0 Å². The highest BCUT2D eigenvalue weighted by Crippen LogP contribution is 2.22. The normalized spacial score (nSPS) is 17.7. The molecule has 2 heterocycles. The Kier molecular flexibility index (Phi) is 6.18. The molecule has 3 N–H and O–H groups in total. The third-order valence-corrected chi connectivity index (χ3v) is 4.83. The topological polar surface area (TPSA) is 64.2 Å². The van der Waals surface area contributed by atoms with Crippen molar-refractivity contribution in [3.8, 4) is 11.3 Å². The molecule has 6 heteroatoms. The molecule has 0 radical (unpaired) electrons. The summed E-state index contributed by atoms with van der Waals surface area (Å²) < 4.78 is 13.1. The quantitative estimate of drug-likeness (QED) is 0.720. The molecule has 0 aliphatic carbocycles. The number of likely N-dealkylation sites (tertiary alicyclic amines) is 1. The molecular formula is C19H27FN4O. The van der Waals surface area contributed by atoms with Crippen molar-refractivity contribution in [2.24, 2.45) is 5.92 Å². The molecular weight excluding hydrogens is 319 g/mol. The molecule has 3 rings (SSSR count). The van der Waals surface area contributed by atoms with Crippen molar-refractivity contribution >= 4 is 0 Å². The lowest BCUT2D eigenvalue weighted by molar-refractivity contribution is 0.0998. The fraction of sp³-hybridized carbons (Fsp3) is 0.526. The second kappa shape index (κ2) is 8.56. The molecule has 136 valence electrons. The first kappa shape index (κ1) is 18.0. The van der Waals surface area contributed by atoms with E-state index < -0.39 is 0 Å². The lowest BCUT2D eigenvalue weighted by Gasteiger charge is -2.32. The Balaban J connectivity index is 1.46. The van der Waals surface area contributed by atoms with Crippen molar-refractivity contribution < 1.29 is 9.50 Å². The van der Waals surface area contributed by atoms with Gasteiger partial charge >= 0.3 is 0 Å². The summed E-state index contributed by atoms with van der Waals surface area (Å²) in [7, 11) is 0. The van der Waals surface area contributed by atoms with Crippen molar-refractivity contribution in [1.29, 1.82) is 0 Å². The van der Waals surface area contributed by atoms with Gasteiger partial charge in [-0.05, 0) is 69.6 Å². The molecule has 0 unspecified atom stereocenters. The fourth-order valence-electron chi connectivity index (χ4n) is 3.47. The first-order valence-electron chi connectivity index (χ1n) is 9.01. The maximum absolute atomic E-state index is 13.1. The standard InChI is InChI=1S/C19H27FN4O/c1-14(25)13-24-8-6-15(7-9-24)10-21-11-17-12-22-23-19(17)16-2-4-18(20)5-3-16/h2-5,12,14-15,21,25H,6-11,13H2,1H3,(H,22,23)/t14-/m1/s1. The Morgan fingerprint density at radius 3 is 2.72 bits per heavy atom. The largest absolute Gasteiger partial charge is 0.392 e. The molecule has 0 saturated carbocycles. The van der Waals surface area contributed by atoms with E-state index in [-0.39, 0.29) is 11.9 Å². The third-order valence-electron chi connectivity index (χ3n) is 4.83. The van der Waals surface area contributed by atoms with E-state index in [1.165, 1.54) is 12.1 Å². The number of aromatic nitrogens is 2. The molecule has 1 aromatic heterocycles. The molecule has 1 saturated heterocycles. The lowest BCUT2D eigenvalue weighted by Crippen LogP contribution is -2.40. The Bertz CT molecular complexity index is 648. The zero-order chi connectivity index (χ0) is 17.6. The van der Waals surface area contributed by atoms with Crippen LogP contribution in [0.4, 0.5) is 4.39 Å². The molecule has 2 aromatic rings. The molecule has 1 aliphatic heterocycles. The van der Waals surface area contributed by atoms with Gasteiger partial charge in [-0.1, -0.05) is 0 Å². The summed E-state index contributed by atoms with van der Waals surface area (Å²) in [4.78, 5) is 2.34. The SMILES string of the molecule is C[C@@H](O)CN1CCC(CNCc2cn[nH]c2-c2ccc(F)cc2)CC1. The molecule has 1 atom stereocenters. The van der Waals surface area contributed by atoms with E-state index in [0.29, 0.717) is 5.92 Å². The highest BCUT2D eigenvalue weighted by molar-refractivity contribution is 5.62. The maximum Gasteiger partial charge on any atom is 0.123 e. The Hall–Kier alpha value is -1.76. The van der Waals surface area contributed by atoms with E-state index >= 15 is 0 Å². The number of nitrogens with zero attached hydrogens (tertiary/aromatic N) is 2. The van der Waals surface area contributed by atoms with Crippen LogP contribution in [-0.4, -0.2) is 52.5 Å². The van der Waals surface area contributed by atoms with Crippen LogP contribution >= 0.6 is 0 Å². The third kappa shape index (κ3) is 5.11. The first-order chi connectivity index (χ1) is 12.1. The predicted molar refractivity (Wildman–Crippen MR) is 96.5 cm³/mol. The number of aromatic amines is 1. The summed E-state index contributed by atoms with van der Waals surface area (Å²) in [5.74, 6) is 0.441. The number of halogens is 1. The second-order valence-corrected chi connectivity index (χ2v) is 7.00. The molecule has 1 aliphatic rings. The number of nitrogens with one attached hydrogen (secondary N) is 2. The number of hydrogen-bond donors (Lipinski definition) is 3. The van der Waals surface area contributed by atoms with E-state index in [9.17, 15) is 9.50 Å². The highest BCUT2D eigenvalue weighted by atomic mass is 19.1. The molecule has 0 amide bonds. The van der Waals surface area contributed by atoms with Crippen molar-refractivity contribution in [3.63, 3.8) is 0 Å². The van der Waals surface area contributed by atoms with Gasteiger partial charge in [-0.2, -0.15) is 5.10 Å². The number of H-pyrrole nitrogens is 1. The van der Waals surface area contributed by atoms with Crippen molar-refractivity contribution in [2.45, 2.75) is 32.4 Å². The summed E-state index contributed by atoms with van der Waals surface area (Å²) in [5, 5.41) is 20.1. The number of piperidine rings is 1. The van der Waals surface area contributed by atoms with Gasteiger partial charge in [0.1, 0.15) is 5.82 Å². The summed E-state index contributed by atoms with van der Waals surface area (Å²) in [6.45, 7) is 6.47. The van der Waals surface area contributed by atoms with Gasteiger partial charge in [0, 0.05) is 24.2 Å². The van der Waals surface area contributed by atoms with Crippen LogP contribution in [0.1, 0.15) is 25.3 Å². The summed E-state index contributed by atoms with van der Waals surface area (Å²) in [6.07, 6.45) is 3.91. The van der Waals surface area contributed by atoms with Crippen molar-refractivity contribution in [1.82, 2.24) is 20.4 Å². The number of rotatable bonds is 7. The molecule has 0 spiro atoms. The number of benzene rings is 1. The zero-order valence-corrected chi connectivity index (χ0v) is 14.7. The summed E-state index contributed by atoms with van der Waals surface area (Å²) in [6, 6.07) is 6.47. The van der Waals surface area contributed by atoms with E-state index in [2.05, 4.69) is 20.4 Å². The predicted octanol–water partition coefficient (Wildman–Crippen LogP) is 2.40. The van der Waals surface area contributed by atoms with Gasteiger partial charge in [-0.25, -0.2) is 4.39 Å².